The second kappa shape index (κ2) is 2.27. The first kappa shape index (κ1) is 7.03. The molecule has 0 aromatic heterocycles. The summed E-state index contributed by atoms with van der Waals surface area (Å²) in [7, 11) is 0. The van der Waals surface area contributed by atoms with Gasteiger partial charge in [-0.2, -0.15) is 0 Å². The Hall–Kier alpha value is -0.0800. The lowest BCUT2D eigenvalue weighted by Crippen LogP contribution is -2.39. The van der Waals surface area contributed by atoms with Gasteiger partial charge in [0.15, 0.2) is 0 Å². The fourth-order valence-electron chi connectivity index (χ4n) is 1.11. The topological polar surface area (TPSA) is 32.3 Å². The molecule has 1 aliphatic carbocycles. The number of hydrogen-bond donors (Lipinski definition) is 2. The molecule has 54 valence electrons. The Labute approximate surface area is 56.3 Å². The number of nitrogens with one attached hydrogen (secondary N) is 1. The van der Waals surface area contributed by atoms with E-state index in [0.717, 1.165) is 12.8 Å². The molecule has 2 N–H and O–H groups in total. The molecule has 0 aromatic carbocycles. The molecule has 0 heterocycles. The smallest absolute Gasteiger partial charge is 0.0613 e. The minimum Gasteiger partial charge on any atom is -0.394 e. The first-order valence-electron chi connectivity index (χ1n) is 3.57. The van der Waals surface area contributed by atoms with Crippen molar-refractivity contribution < 1.29 is 5.11 Å². The van der Waals surface area contributed by atoms with E-state index in [4.69, 9.17) is 5.11 Å². The summed E-state index contributed by atoms with van der Waals surface area (Å²) in [4.78, 5) is 0. The van der Waals surface area contributed by atoms with Gasteiger partial charge in [-0.15, -0.1) is 0 Å². The average Bonchev–Trinajstić information content (AvgIpc) is 2.48. The molecule has 0 unspecified atom stereocenters. The predicted octanol–water partition coefficient (Wildman–Crippen LogP) is 0.509. The Morgan fingerprint density at radius 3 is 2.22 bits per heavy atom. The van der Waals surface area contributed by atoms with Crippen molar-refractivity contribution in [3.8, 4) is 0 Å². The number of aliphatic hydroxyl groups excluding tert-OH is 1. The lowest BCUT2D eigenvalue weighted by Gasteiger charge is -2.16. The molecular weight excluding hydrogens is 114 g/mol. The highest BCUT2D eigenvalue weighted by Crippen LogP contribution is 2.34. The van der Waals surface area contributed by atoms with Crippen molar-refractivity contribution in [2.24, 2.45) is 0 Å². The molecule has 1 fully saturated rings. The molecule has 0 aromatic rings. The van der Waals surface area contributed by atoms with E-state index in [2.05, 4.69) is 19.2 Å². The van der Waals surface area contributed by atoms with Gasteiger partial charge >= 0.3 is 0 Å². The van der Waals surface area contributed by atoms with E-state index in [1.54, 1.807) is 0 Å². The predicted molar refractivity (Wildman–Crippen MR) is 37.3 cm³/mol. The molecule has 2 nitrogen and oxygen atoms in total. The maximum absolute atomic E-state index is 8.84. The molecule has 2 heteroatoms. The van der Waals surface area contributed by atoms with Gasteiger partial charge in [0.05, 0.1) is 6.61 Å². The van der Waals surface area contributed by atoms with Gasteiger partial charge in [-0.3, -0.25) is 0 Å². The zero-order valence-electron chi connectivity index (χ0n) is 6.15. The molecular formula is C7H15NO. The first-order chi connectivity index (χ1) is 4.18. The molecule has 0 atom stereocenters. The molecule has 0 radical (unpaired) electrons. The van der Waals surface area contributed by atoms with Gasteiger partial charge in [-0.1, -0.05) is 13.8 Å². The summed E-state index contributed by atoms with van der Waals surface area (Å²) in [6.07, 6.45) is 2.28. The van der Waals surface area contributed by atoms with E-state index in [1.165, 1.54) is 0 Å². The Balaban J connectivity index is 2.25. The minimum absolute atomic E-state index is 0.119. The van der Waals surface area contributed by atoms with Crippen molar-refractivity contribution in [3.63, 3.8) is 0 Å². The van der Waals surface area contributed by atoms with Crippen LogP contribution in [0.3, 0.4) is 0 Å². The maximum Gasteiger partial charge on any atom is 0.0613 e. The second-order valence-electron chi connectivity index (χ2n) is 3.24. The van der Waals surface area contributed by atoms with Crippen LogP contribution in [0.2, 0.25) is 0 Å². The Morgan fingerprint density at radius 2 is 2.11 bits per heavy atom. The summed E-state index contributed by atoms with van der Waals surface area (Å²) in [5.41, 5.74) is 0.119. The monoisotopic (exact) mass is 129 g/mol. The largest absolute Gasteiger partial charge is 0.394 e. The summed E-state index contributed by atoms with van der Waals surface area (Å²) in [6, 6.07) is 0.500. The third-order valence-corrected chi connectivity index (χ3v) is 1.75. The van der Waals surface area contributed by atoms with Crippen molar-refractivity contribution >= 4 is 0 Å². The van der Waals surface area contributed by atoms with Crippen LogP contribution in [-0.2, 0) is 0 Å². The Morgan fingerprint density at radius 1 is 1.56 bits per heavy atom. The van der Waals surface area contributed by atoms with Gasteiger partial charge in [0, 0.05) is 11.6 Å². The molecule has 0 amide bonds. The standard InChI is InChI=1S/C7H15NO/c1-6(2)8-7(5-9)3-4-7/h6,8-9H,3-5H2,1-2H3. The summed E-state index contributed by atoms with van der Waals surface area (Å²) in [5.74, 6) is 0. The summed E-state index contributed by atoms with van der Waals surface area (Å²) < 4.78 is 0. The van der Waals surface area contributed by atoms with Gasteiger partial charge in [0.25, 0.3) is 0 Å². The van der Waals surface area contributed by atoms with Gasteiger partial charge < -0.3 is 10.4 Å². The minimum atomic E-state index is 0.119. The van der Waals surface area contributed by atoms with Crippen molar-refractivity contribution in [2.75, 3.05) is 6.61 Å². The van der Waals surface area contributed by atoms with E-state index in [1.807, 2.05) is 0 Å². The van der Waals surface area contributed by atoms with E-state index in [-0.39, 0.29) is 5.54 Å². The van der Waals surface area contributed by atoms with Crippen molar-refractivity contribution in [1.29, 1.82) is 0 Å². The van der Waals surface area contributed by atoms with Gasteiger partial charge in [-0.05, 0) is 12.8 Å². The van der Waals surface area contributed by atoms with Crippen LogP contribution in [0.1, 0.15) is 26.7 Å². The van der Waals surface area contributed by atoms with Gasteiger partial charge in [-0.25, -0.2) is 0 Å². The van der Waals surface area contributed by atoms with Crippen LogP contribution < -0.4 is 5.32 Å². The highest BCUT2D eigenvalue weighted by Gasteiger charge is 2.41. The Kier molecular flexibility index (Phi) is 1.78. The third-order valence-electron chi connectivity index (χ3n) is 1.75. The zero-order valence-corrected chi connectivity index (χ0v) is 6.15. The van der Waals surface area contributed by atoms with Gasteiger partial charge in [0.2, 0.25) is 0 Å². The fraction of sp³-hybridized carbons (Fsp3) is 1.00. The van der Waals surface area contributed by atoms with Crippen LogP contribution in [-0.4, -0.2) is 23.3 Å². The van der Waals surface area contributed by atoms with Crippen molar-refractivity contribution in [3.05, 3.63) is 0 Å². The van der Waals surface area contributed by atoms with E-state index < -0.39 is 0 Å². The first-order valence-corrected chi connectivity index (χ1v) is 3.57. The van der Waals surface area contributed by atoms with Crippen LogP contribution in [0.15, 0.2) is 0 Å². The van der Waals surface area contributed by atoms with Crippen LogP contribution in [0.5, 0.6) is 0 Å². The molecule has 0 saturated heterocycles. The quantitative estimate of drug-likeness (QED) is 0.582. The summed E-state index contributed by atoms with van der Waals surface area (Å²) in [5, 5.41) is 12.2. The van der Waals surface area contributed by atoms with E-state index in [0.29, 0.717) is 12.6 Å². The van der Waals surface area contributed by atoms with E-state index >= 15 is 0 Å². The maximum atomic E-state index is 8.84. The normalized spacial score (nSPS) is 22.7. The van der Waals surface area contributed by atoms with E-state index in [9.17, 15) is 0 Å². The summed E-state index contributed by atoms with van der Waals surface area (Å²) >= 11 is 0. The molecule has 0 aliphatic heterocycles. The third kappa shape index (κ3) is 1.66. The molecule has 1 saturated carbocycles. The van der Waals surface area contributed by atoms with Crippen LogP contribution in [0.4, 0.5) is 0 Å². The number of rotatable bonds is 3. The second-order valence-corrected chi connectivity index (χ2v) is 3.24. The lowest BCUT2D eigenvalue weighted by atomic mass is 10.2. The molecule has 1 rings (SSSR count). The summed E-state index contributed by atoms with van der Waals surface area (Å²) in [6.45, 7) is 4.51. The molecule has 0 spiro atoms. The van der Waals surface area contributed by atoms with Crippen LogP contribution in [0.25, 0.3) is 0 Å². The van der Waals surface area contributed by atoms with Crippen LogP contribution >= 0.6 is 0 Å². The van der Waals surface area contributed by atoms with Crippen molar-refractivity contribution in [2.45, 2.75) is 38.3 Å². The molecule has 9 heavy (non-hydrogen) atoms. The SMILES string of the molecule is CC(C)NC1(CO)CC1. The average molecular weight is 129 g/mol. The fourth-order valence-corrected chi connectivity index (χ4v) is 1.11. The van der Waals surface area contributed by atoms with Gasteiger partial charge in [0.1, 0.15) is 0 Å². The Bertz CT molecular complexity index is 97.1. The van der Waals surface area contributed by atoms with Crippen molar-refractivity contribution in [1.82, 2.24) is 5.32 Å². The van der Waals surface area contributed by atoms with Crippen LogP contribution in [0, 0.1) is 0 Å². The number of hydrogen-bond acceptors (Lipinski definition) is 2. The highest BCUT2D eigenvalue weighted by molar-refractivity contribution is 5.02. The highest BCUT2D eigenvalue weighted by atomic mass is 16.3. The molecule has 1 aliphatic rings. The zero-order chi connectivity index (χ0) is 6.91. The number of aliphatic hydroxyl groups is 1. The lowest BCUT2D eigenvalue weighted by molar-refractivity contribution is 0.223. The molecule has 0 bridgehead atoms.